The van der Waals surface area contributed by atoms with Gasteiger partial charge >= 0.3 is 0 Å². The van der Waals surface area contributed by atoms with Gasteiger partial charge < -0.3 is 4.74 Å². The molecule has 0 atom stereocenters. The van der Waals surface area contributed by atoms with Gasteiger partial charge in [0.15, 0.2) is 0 Å². The average molecular weight is 246 g/mol. The number of rotatable bonds is 1. The van der Waals surface area contributed by atoms with Gasteiger partial charge in [-0.05, 0) is 57.6 Å². The molecule has 0 spiro atoms. The summed E-state index contributed by atoms with van der Waals surface area (Å²) in [5.41, 5.74) is 6.60. The molecule has 0 radical (unpaired) electrons. The number of benzene rings is 3. The van der Waals surface area contributed by atoms with Gasteiger partial charge in [0.2, 0.25) is 0 Å². The second kappa shape index (κ2) is 3.61. The zero-order chi connectivity index (χ0) is 13.0. The SMILES string of the molecule is COc1cc(C)c2c(c1)-c1cccc3cccc-2c13. The van der Waals surface area contributed by atoms with Crippen LogP contribution in [0.1, 0.15) is 5.56 Å². The van der Waals surface area contributed by atoms with Crippen LogP contribution < -0.4 is 4.74 Å². The average Bonchev–Trinajstić information content (AvgIpc) is 2.76. The van der Waals surface area contributed by atoms with Crippen molar-refractivity contribution in [3.63, 3.8) is 0 Å². The number of fused-ring (bicyclic) bond motifs is 3. The first kappa shape index (κ1) is 10.6. The van der Waals surface area contributed by atoms with E-state index < -0.39 is 0 Å². The summed E-state index contributed by atoms with van der Waals surface area (Å²) in [6.07, 6.45) is 0. The third kappa shape index (κ3) is 1.30. The summed E-state index contributed by atoms with van der Waals surface area (Å²) in [6, 6.07) is 17.3. The molecule has 1 aliphatic rings. The van der Waals surface area contributed by atoms with Crippen LogP contribution in [0, 0.1) is 6.92 Å². The van der Waals surface area contributed by atoms with E-state index in [-0.39, 0.29) is 0 Å². The Balaban J connectivity index is 2.20. The molecule has 3 aromatic rings. The van der Waals surface area contributed by atoms with Crippen molar-refractivity contribution >= 4 is 10.8 Å². The van der Waals surface area contributed by atoms with E-state index in [0.717, 1.165) is 5.75 Å². The normalized spacial score (nSPS) is 11.7. The van der Waals surface area contributed by atoms with Crippen LogP contribution in [0.2, 0.25) is 0 Å². The van der Waals surface area contributed by atoms with E-state index in [4.69, 9.17) is 4.74 Å². The molecule has 0 unspecified atom stereocenters. The van der Waals surface area contributed by atoms with E-state index in [1.54, 1.807) is 7.11 Å². The van der Waals surface area contributed by atoms with Crippen LogP contribution >= 0.6 is 0 Å². The minimum Gasteiger partial charge on any atom is -0.497 e. The highest BCUT2D eigenvalue weighted by Gasteiger charge is 2.23. The summed E-state index contributed by atoms with van der Waals surface area (Å²) in [7, 11) is 1.73. The van der Waals surface area contributed by atoms with Gasteiger partial charge in [0.25, 0.3) is 0 Å². The molecule has 4 rings (SSSR count). The second-order valence-electron chi connectivity index (χ2n) is 5.08. The third-order valence-electron chi connectivity index (χ3n) is 4.01. The molecule has 0 fully saturated rings. The summed E-state index contributed by atoms with van der Waals surface area (Å²) in [4.78, 5) is 0. The van der Waals surface area contributed by atoms with Gasteiger partial charge in [-0.3, -0.25) is 0 Å². The molecule has 0 heterocycles. The minimum atomic E-state index is 0.932. The lowest BCUT2D eigenvalue weighted by Gasteiger charge is -2.09. The third-order valence-corrected chi connectivity index (χ3v) is 4.01. The van der Waals surface area contributed by atoms with Crippen molar-refractivity contribution in [2.75, 3.05) is 7.11 Å². The van der Waals surface area contributed by atoms with E-state index in [2.05, 4.69) is 55.5 Å². The van der Waals surface area contributed by atoms with Crippen LogP contribution in [0.3, 0.4) is 0 Å². The Labute approximate surface area is 112 Å². The predicted octanol–water partition coefficient (Wildman–Crippen LogP) is 4.80. The molecular formula is C18H14O. The number of ether oxygens (including phenoxy) is 1. The van der Waals surface area contributed by atoms with E-state index >= 15 is 0 Å². The molecular weight excluding hydrogens is 232 g/mol. The Morgan fingerprint density at radius 3 is 2.32 bits per heavy atom. The Morgan fingerprint density at radius 2 is 1.58 bits per heavy atom. The quantitative estimate of drug-likeness (QED) is 0.468. The molecule has 0 bridgehead atoms. The number of methoxy groups -OCH3 is 1. The molecule has 0 aromatic heterocycles. The van der Waals surface area contributed by atoms with Crippen molar-refractivity contribution in [1.82, 2.24) is 0 Å². The van der Waals surface area contributed by atoms with E-state index in [0.29, 0.717) is 0 Å². The fourth-order valence-corrected chi connectivity index (χ4v) is 3.22. The van der Waals surface area contributed by atoms with Crippen molar-refractivity contribution in [3.8, 4) is 28.0 Å². The molecule has 0 N–H and O–H groups in total. The smallest absolute Gasteiger partial charge is 0.119 e. The van der Waals surface area contributed by atoms with Gasteiger partial charge in [0.1, 0.15) is 5.75 Å². The van der Waals surface area contributed by atoms with Crippen LogP contribution in [-0.4, -0.2) is 7.11 Å². The van der Waals surface area contributed by atoms with E-state index in [1.165, 1.54) is 38.6 Å². The Hall–Kier alpha value is -2.28. The van der Waals surface area contributed by atoms with Crippen molar-refractivity contribution in [3.05, 3.63) is 54.1 Å². The van der Waals surface area contributed by atoms with E-state index in [1.807, 2.05) is 0 Å². The monoisotopic (exact) mass is 246 g/mol. The lowest BCUT2D eigenvalue weighted by atomic mass is 9.99. The predicted molar refractivity (Wildman–Crippen MR) is 79.7 cm³/mol. The van der Waals surface area contributed by atoms with Gasteiger partial charge in [-0.2, -0.15) is 0 Å². The van der Waals surface area contributed by atoms with Crippen molar-refractivity contribution in [2.24, 2.45) is 0 Å². The van der Waals surface area contributed by atoms with Crippen LogP contribution in [0.25, 0.3) is 33.0 Å². The molecule has 0 aliphatic heterocycles. The number of aryl methyl sites for hydroxylation is 1. The van der Waals surface area contributed by atoms with Crippen LogP contribution in [0.5, 0.6) is 5.75 Å². The summed E-state index contributed by atoms with van der Waals surface area (Å²) in [5, 5.41) is 2.68. The fourth-order valence-electron chi connectivity index (χ4n) is 3.22. The first-order valence-electron chi connectivity index (χ1n) is 6.51. The zero-order valence-corrected chi connectivity index (χ0v) is 11.0. The fraction of sp³-hybridized carbons (Fsp3) is 0.111. The molecule has 0 saturated carbocycles. The first-order chi connectivity index (χ1) is 9.29. The molecule has 1 heteroatoms. The van der Waals surface area contributed by atoms with E-state index in [9.17, 15) is 0 Å². The largest absolute Gasteiger partial charge is 0.497 e. The number of hydrogen-bond donors (Lipinski definition) is 0. The number of hydrogen-bond acceptors (Lipinski definition) is 1. The molecule has 92 valence electrons. The van der Waals surface area contributed by atoms with Gasteiger partial charge in [-0.25, -0.2) is 0 Å². The second-order valence-corrected chi connectivity index (χ2v) is 5.08. The Morgan fingerprint density at radius 1 is 0.842 bits per heavy atom. The highest BCUT2D eigenvalue weighted by atomic mass is 16.5. The molecule has 0 saturated heterocycles. The lowest BCUT2D eigenvalue weighted by Crippen LogP contribution is -1.87. The molecule has 0 amide bonds. The molecule has 1 aliphatic carbocycles. The van der Waals surface area contributed by atoms with Crippen molar-refractivity contribution in [2.45, 2.75) is 6.92 Å². The molecule has 19 heavy (non-hydrogen) atoms. The van der Waals surface area contributed by atoms with Gasteiger partial charge in [0.05, 0.1) is 7.11 Å². The van der Waals surface area contributed by atoms with Gasteiger partial charge in [0, 0.05) is 0 Å². The molecule has 1 nitrogen and oxygen atoms in total. The van der Waals surface area contributed by atoms with Crippen LogP contribution in [0.15, 0.2) is 48.5 Å². The topological polar surface area (TPSA) is 9.23 Å². The zero-order valence-electron chi connectivity index (χ0n) is 11.0. The highest BCUT2D eigenvalue weighted by Crippen LogP contribution is 2.49. The first-order valence-corrected chi connectivity index (χ1v) is 6.51. The maximum atomic E-state index is 5.41. The highest BCUT2D eigenvalue weighted by molar-refractivity contribution is 6.16. The summed E-state index contributed by atoms with van der Waals surface area (Å²) in [5.74, 6) is 0.932. The van der Waals surface area contributed by atoms with Crippen molar-refractivity contribution < 1.29 is 4.74 Å². The maximum Gasteiger partial charge on any atom is 0.119 e. The molecule has 3 aromatic carbocycles. The summed E-state index contributed by atoms with van der Waals surface area (Å²) >= 11 is 0. The van der Waals surface area contributed by atoms with Crippen molar-refractivity contribution in [1.29, 1.82) is 0 Å². The van der Waals surface area contributed by atoms with Gasteiger partial charge in [-0.1, -0.05) is 36.4 Å². The van der Waals surface area contributed by atoms with Crippen LogP contribution in [0.4, 0.5) is 0 Å². The Kier molecular flexibility index (Phi) is 2.02. The Bertz CT molecular complexity index is 810. The standard InChI is InChI=1S/C18H14O/c1-11-9-13(19-2)10-16-14-7-3-5-12-6-4-8-15(17(11)16)18(12)14/h3-10H,1-2H3. The summed E-state index contributed by atoms with van der Waals surface area (Å²) < 4.78 is 5.41. The van der Waals surface area contributed by atoms with Crippen LogP contribution in [-0.2, 0) is 0 Å². The lowest BCUT2D eigenvalue weighted by molar-refractivity contribution is 0.415. The van der Waals surface area contributed by atoms with Gasteiger partial charge in [-0.15, -0.1) is 0 Å². The summed E-state index contributed by atoms with van der Waals surface area (Å²) in [6.45, 7) is 2.16. The minimum absolute atomic E-state index is 0.932. The maximum absolute atomic E-state index is 5.41.